The number of ether oxygens (including phenoxy) is 2. The smallest absolute Gasteiger partial charge is 0.263 e. The zero-order chi connectivity index (χ0) is 27.4. The number of aromatic nitrogens is 4. The van der Waals surface area contributed by atoms with Crippen LogP contribution in [-0.4, -0.2) is 45.8 Å². The molecular weight excluding hydrogens is 501 g/mol. The number of rotatable bonds is 10. The van der Waals surface area contributed by atoms with Gasteiger partial charge in [0.2, 0.25) is 11.7 Å². The Labute approximate surface area is 223 Å². The van der Waals surface area contributed by atoms with Crippen molar-refractivity contribution in [2.24, 2.45) is 0 Å². The Balaban J connectivity index is 1.34. The molecule has 0 aliphatic carbocycles. The molecule has 9 nitrogen and oxygen atoms in total. The predicted octanol–water partition coefficient (Wildman–Crippen LogP) is 3.54. The van der Waals surface area contributed by atoms with Gasteiger partial charge in [-0.05, 0) is 60.0 Å². The molecule has 0 spiro atoms. The highest BCUT2D eigenvalue weighted by atomic mass is 19.1. The van der Waals surface area contributed by atoms with Crippen molar-refractivity contribution in [2.45, 2.75) is 25.8 Å². The van der Waals surface area contributed by atoms with Crippen molar-refractivity contribution in [2.75, 3.05) is 20.8 Å². The fraction of sp³-hybridized carbons (Fsp3) is 0.241. The van der Waals surface area contributed by atoms with Gasteiger partial charge in [-0.2, -0.15) is 0 Å². The number of hydrogen-bond donors (Lipinski definition) is 1. The van der Waals surface area contributed by atoms with E-state index in [-0.39, 0.29) is 30.2 Å². The molecule has 39 heavy (non-hydrogen) atoms. The number of para-hydroxylation sites is 1. The van der Waals surface area contributed by atoms with Gasteiger partial charge in [-0.1, -0.05) is 24.3 Å². The summed E-state index contributed by atoms with van der Waals surface area (Å²) in [6.07, 6.45) is 1.11. The number of fused-ring (bicyclic) bond motifs is 3. The second kappa shape index (κ2) is 11.3. The summed E-state index contributed by atoms with van der Waals surface area (Å²) < 4.78 is 27.4. The molecule has 0 aliphatic heterocycles. The Morgan fingerprint density at radius 1 is 0.974 bits per heavy atom. The second-order valence-corrected chi connectivity index (χ2v) is 9.06. The van der Waals surface area contributed by atoms with Crippen LogP contribution in [0.5, 0.6) is 11.5 Å². The van der Waals surface area contributed by atoms with Crippen molar-refractivity contribution in [3.63, 3.8) is 0 Å². The summed E-state index contributed by atoms with van der Waals surface area (Å²) in [6.45, 7) is 0.642. The summed E-state index contributed by atoms with van der Waals surface area (Å²) >= 11 is 0. The minimum atomic E-state index is -0.347. The number of carbonyl (C=O) groups excluding carboxylic acids is 1. The number of nitrogens with one attached hydrogen (secondary N) is 1. The number of halogens is 1. The minimum Gasteiger partial charge on any atom is -0.497 e. The van der Waals surface area contributed by atoms with Crippen LogP contribution in [0.1, 0.15) is 23.4 Å². The summed E-state index contributed by atoms with van der Waals surface area (Å²) in [4.78, 5) is 26.0. The van der Waals surface area contributed by atoms with Gasteiger partial charge >= 0.3 is 0 Å². The van der Waals surface area contributed by atoms with Crippen LogP contribution >= 0.6 is 0 Å². The highest BCUT2D eigenvalue weighted by Gasteiger charge is 2.17. The molecule has 5 rings (SSSR count). The van der Waals surface area contributed by atoms with Gasteiger partial charge in [-0.25, -0.2) is 4.39 Å². The Morgan fingerprint density at radius 2 is 1.77 bits per heavy atom. The van der Waals surface area contributed by atoms with Crippen LogP contribution in [-0.2, 0) is 24.2 Å². The second-order valence-electron chi connectivity index (χ2n) is 9.06. The molecule has 0 radical (unpaired) electrons. The molecule has 1 amide bonds. The molecule has 200 valence electrons. The van der Waals surface area contributed by atoms with Crippen LogP contribution < -0.4 is 20.3 Å². The lowest BCUT2D eigenvalue weighted by Crippen LogP contribution is -2.26. The molecular formula is C29H28FN5O4. The van der Waals surface area contributed by atoms with Gasteiger partial charge in [0.25, 0.3) is 5.56 Å². The van der Waals surface area contributed by atoms with Crippen molar-refractivity contribution in [3.8, 4) is 11.5 Å². The Hall–Kier alpha value is -4.73. The summed E-state index contributed by atoms with van der Waals surface area (Å²) in [6, 6.07) is 18.8. The number of hydrogen-bond acceptors (Lipinski definition) is 6. The highest BCUT2D eigenvalue weighted by molar-refractivity contribution is 5.80. The van der Waals surface area contributed by atoms with Crippen LogP contribution in [0.25, 0.3) is 16.7 Å². The maximum atomic E-state index is 13.4. The zero-order valence-corrected chi connectivity index (χ0v) is 21.7. The molecule has 5 aromatic rings. The molecule has 0 saturated heterocycles. The van der Waals surface area contributed by atoms with Crippen molar-refractivity contribution in [1.82, 2.24) is 24.5 Å². The predicted molar refractivity (Wildman–Crippen MR) is 145 cm³/mol. The van der Waals surface area contributed by atoms with Crippen molar-refractivity contribution in [3.05, 3.63) is 99.9 Å². The minimum absolute atomic E-state index is 0.127. The van der Waals surface area contributed by atoms with E-state index in [1.54, 1.807) is 38.5 Å². The third-order valence-corrected chi connectivity index (χ3v) is 6.61. The molecule has 2 heterocycles. The van der Waals surface area contributed by atoms with Gasteiger partial charge in [-0.3, -0.25) is 18.6 Å². The van der Waals surface area contributed by atoms with E-state index in [1.807, 2.05) is 34.7 Å². The largest absolute Gasteiger partial charge is 0.497 e. The average Bonchev–Trinajstić information content (AvgIpc) is 3.39. The van der Waals surface area contributed by atoms with E-state index < -0.39 is 0 Å². The summed E-state index contributed by atoms with van der Waals surface area (Å²) in [7, 11) is 3.21. The molecule has 2 aromatic heterocycles. The lowest BCUT2D eigenvalue weighted by Gasteiger charge is -2.12. The molecule has 0 aliphatic rings. The Bertz CT molecular complexity index is 1690. The van der Waals surface area contributed by atoms with Crippen LogP contribution in [0, 0.1) is 5.82 Å². The first-order valence-electron chi connectivity index (χ1n) is 12.6. The van der Waals surface area contributed by atoms with Gasteiger partial charge < -0.3 is 14.8 Å². The summed E-state index contributed by atoms with van der Waals surface area (Å²) in [5, 5.41) is 12.1. The number of aryl methyl sites for hydroxylation is 1. The number of benzene rings is 3. The summed E-state index contributed by atoms with van der Waals surface area (Å²) in [5.74, 6) is 1.92. The number of methoxy groups -OCH3 is 2. The van der Waals surface area contributed by atoms with E-state index in [1.165, 1.54) is 16.7 Å². The van der Waals surface area contributed by atoms with Gasteiger partial charge in [0, 0.05) is 19.4 Å². The van der Waals surface area contributed by atoms with E-state index in [4.69, 9.17) is 9.47 Å². The first kappa shape index (κ1) is 25.9. The van der Waals surface area contributed by atoms with E-state index in [2.05, 4.69) is 15.5 Å². The first-order valence-corrected chi connectivity index (χ1v) is 12.6. The lowest BCUT2D eigenvalue weighted by molar-refractivity contribution is -0.121. The molecule has 0 bridgehead atoms. The monoisotopic (exact) mass is 529 g/mol. The molecule has 10 heteroatoms. The van der Waals surface area contributed by atoms with E-state index >= 15 is 0 Å². The van der Waals surface area contributed by atoms with Gasteiger partial charge in [0.15, 0.2) is 0 Å². The van der Waals surface area contributed by atoms with E-state index in [0.29, 0.717) is 41.9 Å². The Kier molecular flexibility index (Phi) is 7.53. The third-order valence-electron chi connectivity index (χ3n) is 6.61. The number of carbonyl (C=O) groups is 1. The van der Waals surface area contributed by atoms with Gasteiger partial charge in [0.05, 0.1) is 31.7 Å². The molecule has 0 saturated carbocycles. The molecule has 1 N–H and O–H groups in total. The Morgan fingerprint density at radius 3 is 2.54 bits per heavy atom. The zero-order valence-electron chi connectivity index (χ0n) is 21.7. The standard InChI is InChI=1S/C29H28FN5O4/c1-38-22-11-12-25(39-2)20(17-22)15-16-31-27(36)14-13-26-32-33-29-34(18-19-7-9-21(30)10-8-19)28(37)23-5-3-4-6-24(23)35(26)29/h3-12,17H,13-16,18H2,1-2H3,(H,31,36). The topological polar surface area (TPSA) is 99.8 Å². The maximum absolute atomic E-state index is 13.4. The molecule has 0 unspecified atom stereocenters. The van der Waals surface area contributed by atoms with Gasteiger partial charge in [-0.15, -0.1) is 10.2 Å². The molecule has 0 fully saturated rings. The van der Waals surface area contributed by atoms with Crippen molar-refractivity contribution < 1.29 is 18.7 Å². The van der Waals surface area contributed by atoms with E-state index in [0.717, 1.165) is 22.6 Å². The van der Waals surface area contributed by atoms with Crippen LogP contribution in [0.2, 0.25) is 0 Å². The highest BCUT2D eigenvalue weighted by Crippen LogP contribution is 2.24. The van der Waals surface area contributed by atoms with Crippen molar-refractivity contribution >= 4 is 22.6 Å². The van der Waals surface area contributed by atoms with Gasteiger partial charge in [0.1, 0.15) is 23.1 Å². The molecule has 3 aromatic carbocycles. The fourth-order valence-corrected chi connectivity index (χ4v) is 4.62. The number of amides is 1. The lowest BCUT2D eigenvalue weighted by atomic mass is 10.1. The van der Waals surface area contributed by atoms with E-state index in [9.17, 15) is 14.0 Å². The third kappa shape index (κ3) is 5.45. The van der Waals surface area contributed by atoms with Crippen molar-refractivity contribution in [1.29, 1.82) is 0 Å². The normalized spacial score (nSPS) is 11.2. The summed E-state index contributed by atoms with van der Waals surface area (Å²) in [5.41, 5.74) is 2.14. The SMILES string of the molecule is COc1ccc(OC)c(CCNC(=O)CCc2nnc3n(Cc4ccc(F)cc4)c(=O)c4ccccc4n23)c1. The quantitative estimate of drug-likeness (QED) is 0.297. The van der Waals surface area contributed by atoms with Crippen LogP contribution in [0.15, 0.2) is 71.5 Å². The first-order chi connectivity index (χ1) is 19.0. The number of nitrogens with zero attached hydrogens (tertiary/aromatic N) is 4. The maximum Gasteiger partial charge on any atom is 0.263 e. The van der Waals surface area contributed by atoms with Crippen LogP contribution in [0.3, 0.4) is 0 Å². The molecule has 0 atom stereocenters. The van der Waals surface area contributed by atoms with Crippen LogP contribution in [0.4, 0.5) is 4.39 Å². The average molecular weight is 530 g/mol. The fourth-order valence-electron chi connectivity index (χ4n) is 4.62.